The van der Waals surface area contributed by atoms with Gasteiger partial charge >= 0.3 is 0 Å². The lowest BCUT2D eigenvalue weighted by Gasteiger charge is -2.18. The van der Waals surface area contributed by atoms with Crippen LogP contribution in [0.25, 0.3) is 11.0 Å². The van der Waals surface area contributed by atoms with Crippen molar-refractivity contribution in [3.63, 3.8) is 0 Å². The first kappa shape index (κ1) is 18.4. The van der Waals surface area contributed by atoms with Crippen molar-refractivity contribution in [3.8, 4) is 0 Å². The van der Waals surface area contributed by atoms with Crippen molar-refractivity contribution in [1.82, 2.24) is 24.6 Å². The molecule has 2 N–H and O–H groups in total. The van der Waals surface area contributed by atoms with Gasteiger partial charge < -0.3 is 15.5 Å². The average Bonchev–Trinajstić information content (AvgIpc) is 3.00. The van der Waals surface area contributed by atoms with Crippen LogP contribution in [0.4, 0.5) is 17.5 Å². The lowest BCUT2D eigenvalue weighted by Crippen LogP contribution is -2.29. The number of aromatic nitrogens is 4. The van der Waals surface area contributed by atoms with Gasteiger partial charge in [0.1, 0.15) is 5.82 Å². The highest BCUT2D eigenvalue weighted by molar-refractivity contribution is 6.30. The minimum Gasteiger partial charge on any atom is -0.353 e. The summed E-state index contributed by atoms with van der Waals surface area (Å²) in [5, 5.41) is 12.5. The summed E-state index contributed by atoms with van der Waals surface area (Å²) in [6, 6.07) is 7.55. The fraction of sp³-hybridized carbons (Fsp3) is 0.389. The molecule has 2 heterocycles. The van der Waals surface area contributed by atoms with Crippen LogP contribution in [-0.2, 0) is 7.05 Å². The molecule has 0 aliphatic carbocycles. The highest BCUT2D eigenvalue weighted by Gasteiger charge is 2.12. The van der Waals surface area contributed by atoms with E-state index in [-0.39, 0.29) is 0 Å². The SMILES string of the molecule is CCN(CC)CCNc1nc(Nc2cccc(Cl)c2)c2cnn(C)c2n1. The number of nitrogens with zero attached hydrogens (tertiary/aromatic N) is 5. The second kappa shape index (κ2) is 8.33. The molecule has 0 radical (unpaired) electrons. The molecule has 0 bridgehead atoms. The van der Waals surface area contributed by atoms with Crippen LogP contribution in [0.3, 0.4) is 0 Å². The van der Waals surface area contributed by atoms with E-state index < -0.39 is 0 Å². The van der Waals surface area contributed by atoms with Crippen LogP contribution in [0, 0.1) is 0 Å². The van der Waals surface area contributed by atoms with Gasteiger partial charge in [0.15, 0.2) is 5.65 Å². The Morgan fingerprint density at radius 3 is 2.73 bits per heavy atom. The summed E-state index contributed by atoms with van der Waals surface area (Å²) < 4.78 is 1.75. The molecule has 0 amide bonds. The molecule has 0 saturated carbocycles. The number of nitrogens with one attached hydrogen (secondary N) is 2. The highest BCUT2D eigenvalue weighted by Crippen LogP contribution is 2.26. The van der Waals surface area contributed by atoms with E-state index in [2.05, 4.69) is 44.4 Å². The summed E-state index contributed by atoms with van der Waals surface area (Å²) in [5.74, 6) is 1.29. The Bertz CT molecular complexity index is 873. The molecule has 3 rings (SSSR count). The predicted molar refractivity (Wildman–Crippen MR) is 107 cm³/mol. The van der Waals surface area contributed by atoms with Gasteiger partial charge in [-0.25, -0.2) is 0 Å². The molecule has 0 unspecified atom stereocenters. The highest BCUT2D eigenvalue weighted by atomic mass is 35.5. The molecule has 2 aromatic heterocycles. The number of benzene rings is 1. The zero-order valence-corrected chi connectivity index (χ0v) is 16.1. The van der Waals surface area contributed by atoms with Crippen LogP contribution >= 0.6 is 11.6 Å². The van der Waals surface area contributed by atoms with E-state index in [0.717, 1.165) is 42.9 Å². The Kier molecular flexibility index (Phi) is 5.90. The Hall–Kier alpha value is -2.38. The van der Waals surface area contributed by atoms with Crippen molar-refractivity contribution >= 4 is 40.1 Å². The molecule has 26 heavy (non-hydrogen) atoms. The van der Waals surface area contributed by atoms with Gasteiger partial charge in [0.05, 0.1) is 11.6 Å². The van der Waals surface area contributed by atoms with Crippen LogP contribution in [0.1, 0.15) is 13.8 Å². The number of aryl methyl sites for hydroxylation is 1. The molecule has 1 aromatic carbocycles. The Morgan fingerprint density at radius 2 is 2.00 bits per heavy atom. The first-order valence-corrected chi connectivity index (χ1v) is 9.17. The van der Waals surface area contributed by atoms with Crippen molar-refractivity contribution in [3.05, 3.63) is 35.5 Å². The van der Waals surface area contributed by atoms with Crippen LogP contribution in [0.5, 0.6) is 0 Å². The summed E-state index contributed by atoms with van der Waals surface area (Å²) in [6.45, 7) is 8.10. The lowest BCUT2D eigenvalue weighted by molar-refractivity contribution is 0.316. The number of likely N-dealkylation sites (N-methyl/N-ethyl adjacent to an activating group) is 1. The fourth-order valence-electron chi connectivity index (χ4n) is 2.77. The summed E-state index contributed by atoms with van der Waals surface area (Å²) in [5.41, 5.74) is 1.64. The van der Waals surface area contributed by atoms with Gasteiger partial charge in [-0.3, -0.25) is 4.68 Å². The van der Waals surface area contributed by atoms with E-state index in [1.54, 1.807) is 10.9 Å². The zero-order chi connectivity index (χ0) is 18.5. The topological polar surface area (TPSA) is 70.9 Å². The number of anilines is 3. The monoisotopic (exact) mass is 373 g/mol. The van der Waals surface area contributed by atoms with Crippen LogP contribution in [-0.4, -0.2) is 50.8 Å². The third-order valence-electron chi connectivity index (χ3n) is 4.29. The quantitative estimate of drug-likeness (QED) is 0.629. The largest absolute Gasteiger partial charge is 0.353 e. The number of hydrogen-bond donors (Lipinski definition) is 2. The van der Waals surface area contributed by atoms with Crippen molar-refractivity contribution < 1.29 is 0 Å². The van der Waals surface area contributed by atoms with Gasteiger partial charge in [-0.15, -0.1) is 0 Å². The Balaban J connectivity index is 1.84. The fourth-order valence-corrected chi connectivity index (χ4v) is 2.96. The van der Waals surface area contributed by atoms with E-state index in [0.29, 0.717) is 16.8 Å². The normalized spacial score (nSPS) is 11.3. The number of rotatable bonds is 8. The maximum atomic E-state index is 6.08. The van der Waals surface area contributed by atoms with Crippen LogP contribution < -0.4 is 10.6 Å². The number of fused-ring (bicyclic) bond motifs is 1. The molecule has 0 aliphatic rings. The molecule has 0 aliphatic heterocycles. The van der Waals surface area contributed by atoms with Crippen molar-refractivity contribution in [2.45, 2.75) is 13.8 Å². The maximum absolute atomic E-state index is 6.08. The summed E-state index contributed by atoms with van der Waals surface area (Å²) in [7, 11) is 1.87. The third kappa shape index (κ3) is 4.23. The van der Waals surface area contributed by atoms with E-state index in [1.807, 2.05) is 31.3 Å². The summed E-state index contributed by atoms with van der Waals surface area (Å²) in [4.78, 5) is 11.6. The molecule has 138 valence electrons. The molecule has 3 aromatic rings. The van der Waals surface area contributed by atoms with E-state index >= 15 is 0 Å². The first-order valence-electron chi connectivity index (χ1n) is 8.79. The molecule has 0 fully saturated rings. The molecular weight excluding hydrogens is 350 g/mol. The average molecular weight is 374 g/mol. The second-order valence-electron chi connectivity index (χ2n) is 5.99. The Labute approximate surface area is 158 Å². The van der Waals surface area contributed by atoms with Gasteiger partial charge in [0.25, 0.3) is 0 Å². The van der Waals surface area contributed by atoms with E-state index in [4.69, 9.17) is 11.6 Å². The van der Waals surface area contributed by atoms with E-state index in [1.165, 1.54) is 0 Å². The van der Waals surface area contributed by atoms with Gasteiger partial charge in [0, 0.05) is 30.8 Å². The standard InChI is InChI=1S/C18H24ClN7/c1-4-26(5-2)10-9-20-18-23-16(15-12-21-25(3)17(15)24-18)22-14-8-6-7-13(19)11-14/h6-8,11-12H,4-5,9-10H2,1-3H3,(H2,20,22,23,24). The first-order chi connectivity index (χ1) is 12.6. The van der Waals surface area contributed by atoms with Crippen molar-refractivity contribution in [1.29, 1.82) is 0 Å². The van der Waals surface area contributed by atoms with Gasteiger partial charge in [0.2, 0.25) is 5.95 Å². The van der Waals surface area contributed by atoms with Gasteiger partial charge in [-0.2, -0.15) is 15.1 Å². The van der Waals surface area contributed by atoms with Gasteiger partial charge in [-0.05, 0) is 31.3 Å². The number of hydrogen-bond acceptors (Lipinski definition) is 6. The molecule has 8 heteroatoms. The third-order valence-corrected chi connectivity index (χ3v) is 4.52. The minimum absolute atomic E-state index is 0.581. The summed E-state index contributed by atoms with van der Waals surface area (Å²) in [6.07, 6.45) is 1.77. The molecule has 7 nitrogen and oxygen atoms in total. The minimum atomic E-state index is 0.581. The number of halogens is 1. The molecular formula is C18H24ClN7. The van der Waals surface area contributed by atoms with Crippen molar-refractivity contribution in [2.75, 3.05) is 36.8 Å². The zero-order valence-electron chi connectivity index (χ0n) is 15.3. The molecule has 0 spiro atoms. The molecule has 0 saturated heterocycles. The van der Waals surface area contributed by atoms with Crippen LogP contribution in [0.15, 0.2) is 30.5 Å². The maximum Gasteiger partial charge on any atom is 0.226 e. The lowest BCUT2D eigenvalue weighted by atomic mass is 10.3. The molecule has 0 atom stereocenters. The van der Waals surface area contributed by atoms with Gasteiger partial charge in [-0.1, -0.05) is 31.5 Å². The van der Waals surface area contributed by atoms with E-state index in [9.17, 15) is 0 Å². The second-order valence-corrected chi connectivity index (χ2v) is 6.43. The summed E-state index contributed by atoms with van der Waals surface area (Å²) >= 11 is 6.08. The predicted octanol–water partition coefficient (Wildman–Crippen LogP) is 3.51. The smallest absolute Gasteiger partial charge is 0.226 e. The Morgan fingerprint density at radius 1 is 1.19 bits per heavy atom. The van der Waals surface area contributed by atoms with Crippen LogP contribution in [0.2, 0.25) is 5.02 Å². The van der Waals surface area contributed by atoms with Crippen molar-refractivity contribution in [2.24, 2.45) is 7.05 Å².